The van der Waals surface area contributed by atoms with Gasteiger partial charge in [0.05, 0.1) is 5.52 Å². The van der Waals surface area contributed by atoms with Crippen molar-refractivity contribution >= 4 is 17.0 Å². The van der Waals surface area contributed by atoms with Crippen molar-refractivity contribution in [1.82, 2.24) is 9.97 Å². The molecule has 0 aliphatic heterocycles. The summed E-state index contributed by atoms with van der Waals surface area (Å²) in [5.41, 5.74) is 6.04. The topological polar surface area (TPSA) is 25.8 Å². The van der Waals surface area contributed by atoms with Crippen LogP contribution in [0.25, 0.3) is 39.5 Å². The summed E-state index contributed by atoms with van der Waals surface area (Å²) in [7, 11) is 0. The number of aromatic nitrogens is 2. The van der Waals surface area contributed by atoms with Gasteiger partial charge < -0.3 is 4.98 Å². The molecule has 0 aliphatic rings. The maximum Gasteiger partial charge on any atom is 0.0595 e. The molecule has 0 N–H and O–H groups in total. The van der Waals surface area contributed by atoms with Crippen molar-refractivity contribution in [1.29, 1.82) is 0 Å². The van der Waals surface area contributed by atoms with E-state index >= 15 is 0 Å². The SMILES string of the molecule is C=Cc1c[c-]c(-c2ccc3ccccc3n2)cc1.[Ir].[c-]1ccccc1-c1ccccn1. The number of hydrogen-bond acceptors (Lipinski definition) is 2. The van der Waals surface area contributed by atoms with Crippen LogP contribution in [-0.4, -0.2) is 9.97 Å². The van der Waals surface area contributed by atoms with E-state index in [2.05, 4.69) is 40.8 Å². The van der Waals surface area contributed by atoms with E-state index in [1.807, 2.05) is 91.0 Å². The van der Waals surface area contributed by atoms with Crippen LogP contribution in [0.1, 0.15) is 5.56 Å². The van der Waals surface area contributed by atoms with Gasteiger partial charge in [0, 0.05) is 26.3 Å². The number of hydrogen-bond donors (Lipinski definition) is 0. The van der Waals surface area contributed by atoms with Crippen molar-refractivity contribution in [2.75, 3.05) is 0 Å². The number of benzene rings is 3. The van der Waals surface area contributed by atoms with Crippen LogP contribution in [-0.2, 0) is 20.1 Å². The molecule has 0 aliphatic carbocycles. The zero-order chi connectivity index (χ0) is 20.6. The van der Waals surface area contributed by atoms with Gasteiger partial charge in [-0.1, -0.05) is 42.5 Å². The van der Waals surface area contributed by atoms with Gasteiger partial charge in [-0.3, -0.25) is 4.98 Å². The molecule has 2 heterocycles. The molecule has 2 nitrogen and oxygen atoms in total. The fraction of sp³-hybridized carbons (Fsp3) is 0. The average Bonchev–Trinajstić information content (AvgIpc) is 2.85. The maximum absolute atomic E-state index is 4.64. The molecule has 5 aromatic rings. The Balaban J connectivity index is 0.000000183. The smallest absolute Gasteiger partial charge is 0.0595 e. The van der Waals surface area contributed by atoms with E-state index in [1.54, 1.807) is 6.20 Å². The Morgan fingerprint density at radius 3 is 2.23 bits per heavy atom. The van der Waals surface area contributed by atoms with Gasteiger partial charge in [0.25, 0.3) is 0 Å². The molecule has 2 aromatic heterocycles. The normalized spacial score (nSPS) is 9.81. The first kappa shape index (κ1) is 22.3. The summed E-state index contributed by atoms with van der Waals surface area (Å²) in [6.07, 6.45) is 3.60. The number of nitrogens with zero attached hydrogens (tertiary/aromatic N) is 2. The van der Waals surface area contributed by atoms with Gasteiger partial charge in [0.15, 0.2) is 0 Å². The van der Waals surface area contributed by atoms with Gasteiger partial charge in [-0.25, -0.2) is 0 Å². The fourth-order valence-electron chi connectivity index (χ4n) is 3.01. The van der Waals surface area contributed by atoms with E-state index < -0.39 is 0 Å². The standard InChI is InChI=1S/C17H12N.C11H8N.Ir/c1-2-13-7-9-15(10-8-13)17-12-11-14-5-3-4-6-16(14)18-17;1-2-6-10(7-3-1)11-8-4-5-9-12-11;/h2-9,11-12H,1H2;1-6,8-9H;/q2*-1;. The Bertz CT molecular complexity index is 1200. The molecule has 31 heavy (non-hydrogen) atoms. The summed E-state index contributed by atoms with van der Waals surface area (Å²) in [4.78, 5) is 8.86. The Morgan fingerprint density at radius 2 is 1.52 bits per heavy atom. The number of pyridine rings is 2. The van der Waals surface area contributed by atoms with Crippen LogP contribution < -0.4 is 0 Å². The van der Waals surface area contributed by atoms with Crippen LogP contribution in [0.15, 0.2) is 110 Å². The van der Waals surface area contributed by atoms with Crippen molar-refractivity contribution in [3.63, 3.8) is 0 Å². The molecule has 5 rings (SSSR count). The van der Waals surface area contributed by atoms with Gasteiger partial charge in [-0.05, 0) is 28.9 Å². The molecule has 0 fully saturated rings. The van der Waals surface area contributed by atoms with Gasteiger partial charge >= 0.3 is 0 Å². The minimum Gasteiger partial charge on any atom is -0.305 e. The summed E-state index contributed by atoms with van der Waals surface area (Å²) >= 11 is 0. The molecule has 153 valence electrons. The third kappa shape index (κ3) is 5.82. The monoisotopic (exact) mass is 577 g/mol. The van der Waals surface area contributed by atoms with Crippen LogP contribution in [0.2, 0.25) is 0 Å². The van der Waals surface area contributed by atoms with E-state index in [1.165, 1.54) is 0 Å². The number of para-hydroxylation sites is 1. The van der Waals surface area contributed by atoms with Gasteiger partial charge in [-0.2, -0.15) is 0 Å². The van der Waals surface area contributed by atoms with Crippen molar-refractivity contribution in [3.8, 4) is 22.5 Å². The zero-order valence-corrected chi connectivity index (χ0v) is 19.2. The average molecular weight is 577 g/mol. The molecule has 0 bridgehead atoms. The number of fused-ring (bicyclic) bond motifs is 1. The number of rotatable bonds is 3. The Morgan fingerprint density at radius 1 is 0.710 bits per heavy atom. The molecule has 0 atom stereocenters. The first-order valence-corrected chi connectivity index (χ1v) is 9.72. The van der Waals surface area contributed by atoms with Gasteiger partial charge in [-0.15, -0.1) is 83.9 Å². The van der Waals surface area contributed by atoms with Crippen LogP contribution in [0.5, 0.6) is 0 Å². The Hall–Kier alpha value is -3.39. The predicted molar refractivity (Wildman–Crippen MR) is 125 cm³/mol. The van der Waals surface area contributed by atoms with Crippen molar-refractivity contribution in [3.05, 3.63) is 128 Å². The van der Waals surface area contributed by atoms with E-state index in [-0.39, 0.29) is 20.1 Å². The molecule has 0 spiro atoms. The Kier molecular flexibility index (Phi) is 8.00. The van der Waals surface area contributed by atoms with Crippen LogP contribution in [0.3, 0.4) is 0 Å². The fourth-order valence-corrected chi connectivity index (χ4v) is 3.01. The summed E-state index contributed by atoms with van der Waals surface area (Å²) in [6, 6.07) is 38.3. The van der Waals surface area contributed by atoms with Crippen LogP contribution >= 0.6 is 0 Å². The van der Waals surface area contributed by atoms with Crippen molar-refractivity contribution in [2.45, 2.75) is 0 Å². The minimum absolute atomic E-state index is 0. The maximum atomic E-state index is 4.64. The molecule has 3 heteroatoms. The first-order valence-electron chi connectivity index (χ1n) is 9.72. The van der Waals surface area contributed by atoms with Crippen LogP contribution in [0.4, 0.5) is 0 Å². The van der Waals surface area contributed by atoms with Crippen molar-refractivity contribution in [2.24, 2.45) is 0 Å². The van der Waals surface area contributed by atoms with Crippen molar-refractivity contribution < 1.29 is 20.1 Å². The van der Waals surface area contributed by atoms with Crippen LogP contribution in [0, 0.1) is 12.1 Å². The molecule has 0 amide bonds. The molecule has 0 saturated heterocycles. The third-order valence-corrected chi connectivity index (χ3v) is 4.60. The van der Waals surface area contributed by atoms with E-state index in [9.17, 15) is 0 Å². The summed E-state index contributed by atoms with van der Waals surface area (Å²) < 4.78 is 0. The third-order valence-electron chi connectivity index (χ3n) is 4.60. The largest absolute Gasteiger partial charge is 0.305 e. The molecule has 3 aromatic carbocycles. The predicted octanol–water partition coefficient (Wildman–Crippen LogP) is 6.89. The quantitative estimate of drug-likeness (QED) is 0.219. The van der Waals surface area contributed by atoms with E-state index in [4.69, 9.17) is 0 Å². The molecule has 0 unspecified atom stereocenters. The second-order valence-corrected chi connectivity index (χ2v) is 6.62. The molecular weight excluding hydrogens is 557 g/mol. The molecular formula is C28H20IrN2-2. The zero-order valence-electron chi connectivity index (χ0n) is 16.8. The molecule has 0 saturated carbocycles. The van der Waals surface area contributed by atoms with E-state index in [0.29, 0.717) is 0 Å². The Labute approximate surface area is 196 Å². The first-order chi connectivity index (χ1) is 14.8. The summed E-state index contributed by atoms with van der Waals surface area (Å²) in [5.74, 6) is 0. The summed E-state index contributed by atoms with van der Waals surface area (Å²) in [6.45, 7) is 3.74. The summed E-state index contributed by atoms with van der Waals surface area (Å²) in [5, 5.41) is 1.16. The molecule has 1 radical (unpaired) electrons. The second kappa shape index (κ2) is 11.1. The van der Waals surface area contributed by atoms with Gasteiger partial charge in [0.1, 0.15) is 0 Å². The second-order valence-electron chi connectivity index (χ2n) is 6.62. The minimum atomic E-state index is 0. The van der Waals surface area contributed by atoms with Gasteiger partial charge in [0.2, 0.25) is 0 Å². The van der Waals surface area contributed by atoms with E-state index in [0.717, 1.165) is 39.0 Å².